The molecule has 128 valence electrons. The lowest BCUT2D eigenvalue weighted by Gasteiger charge is -2.45. The summed E-state index contributed by atoms with van der Waals surface area (Å²) in [4.78, 5) is 7.81. The van der Waals surface area contributed by atoms with Gasteiger partial charge in [0.15, 0.2) is 0 Å². The molecule has 22 heavy (non-hydrogen) atoms. The second-order valence-corrected chi connectivity index (χ2v) is 7.69. The van der Waals surface area contributed by atoms with Crippen LogP contribution in [0.5, 0.6) is 0 Å². The van der Waals surface area contributed by atoms with Crippen LogP contribution in [0.15, 0.2) is 0 Å². The molecule has 4 nitrogen and oxygen atoms in total. The van der Waals surface area contributed by atoms with E-state index in [1.54, 1.807) is 0 Å². The van der Waals surface area contributed by atoms with E-state index in [0.717, 1.165) is 25.2 Å². The van der Waals surface area contributed by atoms with Gasteiger partial charge in [-0.3, -0.25) is 4.90 Å². The van der Waals surface area contributed by atoms with Crippen molar-refractivity contribution >= 4 is 0 Å². The van der Waals surface area contributed by atoms with E-state index in [2.05, 4.69) is 21.7 Å². The molecule has 0 aromatic carbocycles. The van der Waals surface area contributed by atoms with Crippen molar-refractivity contribution in [1.82, 2.24) is 14.7 Å². The zero-order valence-electron chi connectivity index (χ0n) is 14.5. The van der Waals surface area contributed by atoms with Crippen molar-refractivity contribution in [3.8, 4) is 0 Å². The zero-order chi connectivity index (χ0) is 15.2. The van der Waals surface area contributed by atoms with Crippen molar-refractivity contribution in [2.24, 2.45) is 5.92 Å². The SMILES string of the molecule is CN1CCN2C[C@@H](COCCCN3CCCCC3)CC[C@H]2C1. The number of hydrogen-bond donors (Lipinski definition) is 0. The van der Waals surface area contributed by atoms with Gasteiger partial charge in [-0.1, -0.05) is 6.42 Å². The Morgan fingerprint density at radius 1 is 0.955 bits per heavy atom. The molecule has 0 spiro atoms. The molecule has 0 amide bonds. The first-order valence-corrected chi connectivity index (χ1v) is 9.54. The summed E-state index contributed by atoms with van der Waals surface area (Å²) in [6, 6.07) is 0.814. The molecule has 0 aromatic heterocycles. The first-order valence-electron chi connectivity index (χ1n) is 9.54. The number of nitrogens with zero attached hydrogens (tertiary/aromatic N) is 3. The first-order chi connectivity index (χ1) is 10.8. The minimum absolute atomic E-state index is 0.773. The van der Waals surface area contributed by atoms with Crippen LogP contribution >= 0.6 is 0 Å². The minimum atomic E-state index is 0.773. The topological polar surface area (TPSA) is 19.0 Å². The Balaban J connectivity index is 1.25. The van der Waals surface area contributed by atoms with Crippen LogP contribution < -0.4 is 0 Å². The van der Waals surface area contributed by atoms with Gasteiger partial charge in [0.1, 0.15) is 0 Å². The number of hydrogen-bond acceptors (Lipinski definition) is 4. The maximum Gasteiger partial charge on any atom is 0.0506 e. The molecule has 3 saturated heterocycles. The van der Waals surface area contributed by atoms with Gasteiger partial charge in [-0.15, -0.1) is 0 Å². The number of likely N-dealkylation sites (tertiary alicyclic amines) is 1. The lowest BCUT2D eigenvalue weighted by atomic mass is 9.92. The Bertz CT molecular complexity index is 319. The van der Waals surface area contributed by atoms with E-state index in [4.69, 9.17) is 4.74 Å². The number of piperidine rings is 2. The average molecular weight is 309 g/mol. The molecule has 0 saturated carbocycles. The van der Waals surface area contributed by atoms with E-state index in [-0.39, 0.29) is 0 Å². The lowest BCUT2D eigenvalue weighted by Crippen LogP contribution is -2.55. The van der Waals surface area contributed by atoms with Gasteiger partial charge in [-0.05, 0) is 58.2 Å². The number of rotatable bonds is 6. The highest BCUT2D eigenvalue weighted by Gasteiger charge is 2.31. The Morgan fingerprint density at radius 2 is 1.82 bits per heavy atom. The highest BCUT2D eigenvalue weighted by Crippen LogP contribution is 2.24. The van der Waals surface area contributed by atoms with Crippen LogP contribution in [-0.2, 0) is 4.74 Å². The molecule has 2 atom stereocenters. The fourth-order valence-corrected chi connectivity index (χ4v) is 4.37. The molecule has 3 aliphatic rings. The minimum Gasteiger partial charge on any atom is -0.381 e. The summed E-state index contributed by atoms with van der Waals surface area (Å²) in [5.41, 5.74) is 0. The standard InChI is InChI=1S/C18H35N3O/c1-19-11-12-21-14-17(6-7-18(21)15-19)16-22-13-5-10-20-8-3-2-4-9-20/h17-18H,2-16H2,1H3/t17-,18-/m0/s1. The molecule has 0 aromatic rings. The third-order valence-electron chi connectivity index (χ3n) is 5.77. The van der Waals surface area contributed by atoms with Crippen LogP contribution in [0.25, 0.3) is 0 Å². The number of likely N-dealkylation sites (N-methyl/N-ethyl adjacent to an activating group) is 1. The molecule has 0 unspecified atom stereocenters. The molecule has 0 radical (unpaired) electrons. The molecular formula is C18H35N3O. The Kier molecular flexibility index (Phi) is 6.54. The van der Waals surface area contributed by atoms with E-state index >= 15 is 0 Å². The van der Waals surface area contributed by atoms with Crippen LogP contribution in [0, 0.1) is 5.92 Å². The zero-order valence-corrected chi connectivity index (χ0v) is 14.5. The maximum atomic E-state index is 6.00. The van der Waals surface area contributed by atoms with Crippen LogP contribution in [0.2, 0.25) is 0 Å². The van der Waals surface area contributed by atoms with Gasteiger partial charge in [-0.2, -0.15) is 0 Å². The first kappa shape index (κ1) is 16.7. The van der Waals surface area contributed by atoms with Crippen molar-refractivity contribution in [3.05, 3.63) is 0 Å². The van der Waals surface area contributed by atoms with E-state index in [1.165, 1.54) is 84.3 Å². The van der Waals surface area contributed by atoms with Crippen LogP contribution in [0.1, 0.15) is 38.5 Å². The third-order valence-corrected chi connectivity index (χ3v) is 5.77. The summed E-state index contributed by atoms with van der Waals surface area (Å²) in [5, 5.41) is 0. The normalized spacial score (nSPS) is 32.0. The molecule has 3 fully saturated rings. The predicted molar refractivity (Wildman–Crippen MR) is 91.3 cm³/mol. The average Bonchev–Trinajstić information content (AvgIpc) is 2.55. The summed E-state index contributed by atoms with van der Waals surface area (Å²) in [6.45, 7) is 10.8. The highest BCUT2D eigenvalue weighted by atomic mass is 16.5. The fraction of sp³-hybridized carbons (Fsp3) is 1.00. The van der Waals surface area contributed by atoms with Crippen LogP contribution in [0.3, 0.4) is 0 Å². The summed E-state index contributed by atoms with van der Waals surface area (Å²) < 4.78 is 6.00. The van der Waals surface area contributed by atoms with Gasteiger partial charge < -0.3 is 14.5 Å². The maximum absolute atomic E-state index is 6.00. The van der Waals surface area contributed by atoms with E-state index in [9.17, 15) is 0 Å². The van der Waals surface area contributed by atoms with Crippen molar-refractivity contribution in [2.75, 3.05) is 66.1 Å². The summed E-state index contributed by atoms with van der Waals surface area (Å²) in [7, 11) is 2.26. The molecule has 3 aliphatic heterocycles. The molecule has 4 heteroatoms. The lowest BCUT2D eigenvalue weighted by molar-refractivity contribution is 0.00452. The van der Waals surface area contributed by atoms with Gasteiger partial charge in [0.25, 0.3) is 0 Å². The summed E-state index contributed by atoms with van der Waals surface area (Å²) in [6.07, 6.45) is 8.17. The predicted octanol–water partition coefficient (Wildman–Crippen LogP) is 1.91. The monoisotopic (exact) mass is 309 g/mol. The van der Waals surface area contributed by atoms with Gasteiger partial charge in [0, 0.05) is 45.4 Å². The van der Waals surface area contributed by atoms with Crippen molar-refractivity contribution in [3.63, 3.8) is 0 Å². The largest absolute Gasteiger partial charge is 0.381 e. The van der Waals surface area contributed by atoms with E-state index in [0.29, 0.717) is 0 Å². The van der Waals surface area contributed by atoms with Crippen molar-refractivity contribution in [1.29, 1.82) is 0 Å². The quantitative estimate of drug-likeness (QED) is 0.698. The Labute approximate surface area is 136 Å². The van der Waals surface area contributed by atoms with Gasteiger partial charge in [0.05, 0.1) is 6.61 Å². The summed E-state index contributed by atoms with van der Waals surface area (Å²) >= 11 is 0. The van der Waals surface area contributed by atoms with Crippen LogP contribution in [-0.4, -0.2) is 86.8 Å². The van der Waals surface area contributed by atoms with Crippen LogP contribution in [0.4, 0.5) is 0 Å². The van der Waals surface area contributed by atoms with Gasteiger partial charge in [-0.25, -0.2) is 0 Å². The van der Waals surface area contributed by atoms with E-state index in [1.807, 2.05) is 0 Å². The number of piperazine rings is 1. The highest BCUT2D eigenvalue weighted by molar-refractivity contribution is 4.87. The Morgan fingerprint density at radius 3 is 2.68 bits per heavy atom. The summed E-state index contributed by atoms with van der Waals surface area (Å²) in [5.74, 6) is 0.773. The molecule has 3 heterocycles. The Hall–Kier alpha value is -0.160. The van der Waals surface area contributed by atoms with E-state index < -0.39 is 0 Å². The second kappa shape index (κ2) is 8.62. The van der Waals surface area contributed by atoms with Crippen molar-refractivity contribution < 1.29 is 4.74 Å². The molecule has 0 aliphatic carbocycles. The third kappa shape index (κ3) is 4.92. The smallest absolute Gasteiger partial charge is 0.0506 e. The molecule has 3 rings (SSSR count). The molecular weight excluding hydrogens is 274 g/mol. The van der Waals surface area contributed by atoms with Gasteiger partial charge in [0.2, 0.25) is 0 Å². The second-order valence-electron chi connectivity index (χ2n) is 7.69. The molecule has 0 bridgehead atoms. The van der Waals surface area contributed by atoms with Gasteiger partial charge >= 0.3 is 0 Å². The fourth-order valence-electron chi connectivity index (χ4n) is 4.37. The number of fused-ring (bicyclic) bond motifs is 1. The molecule has 0 N–H and O–H groups in total. The van der Waals surface area contributed by atoms with Crippen molar-refractivity contribution in [2.45, 2.75) is 44.6 Å². The number of ether oxygens (including phenoxy) is 1.